The fraction of sp³-hybridized carbons (Fsp3) is 0.350. The molecule has 2 aromatic rings. The molecule has 0 fully saturated rings. The number of ether oxygens (including phenoxy) is 1. The van der Waals surface area contributed by atoms with Crippen LogP contribution in [0.25, 0.3) is 0 Å². The summed E-state index contributed by atoms with van der Waals surface area (Å²) in [5.41, 5.74) is 4.00. The Kier molecular flexibility index (Phi) is 4.86. The van der Waals surface area contributed by atoms with Crippen molar-refractivity contribution in [2.75, 3.05) is 11.9 Å². The lowest BCUT2D eigenvalue weighted by Crippen LogP contribution is -2.34. The smallest absolute Gasteiger partial charge is 0.179 e. The zero-order valence-corrected chi connectivity index (χ0v) is 14.4. The molecule has 0 amide bonds. The maximum Gasteiger partial charge on any atom is 0.179 e. The molecule has 1 aliphatic heterocycles. The van der Waals surface area contributed by atoms with Crippen LogP contribution in [-0.4, -0.2) is 24.5 Å². The van der Waals surface area contributed by atoms with Gasteiger partial charge in [0.25, 0.3) is 0 Å². The van der Waals surface area contributed by atoms with E-state index in [4.69, 9.17) is 4.74 Å². The van der Waals surface area contributed by atoms with Gasteiger partial charge in [0.05, 0.1) is 18.3 Å². The Bertz CT molecular complexity index is 725. The van der Waals surface area contributed by atoms with Gasteiger partial charge in [0, 0.05) is 12.1 Å². The largest absolute Gasteiger partial charge is 0.487 e. The highest BCUT2D eigenvalue weighted by atomic mass is 16.5. The van der Waals surface area contributed by atoms with Crippen LogP contribution in [0.2, 0.25) is 0 Å². The lowest BCUT2D eigenvalue weighted by Gasteiger charge is -2.25. The van der Waals surface area contributed by atoms with E-state index in [1.165, 1.54) is 11.1 Å². The molecule has 2 aromatic carbocycles. The van der Waals surface area contributed by atoms with Crippen molar-refractivity contribution in [1.29, 1.82) is 0 Å². The van der Waals surface area contributed by atoms with Crippen molar-refractivity contribution >= 4 is 11.5 Å². The highest BCUT2D eigenvalue weighted by molar-refractivity contribution is 6.01. The van der Waals surface area contributed by atoms with Gasteiger partial charge in [0.1, 0.15) is 11.9 Å². The summed E-state index contributed by atoms with van der Waals surface area (Å²) in [5, 5.41) is 6.61. The second-order valence-corrected chi connectivity index (χ2v) is 6.47. The average Bonchev–Trinajstić information content (AvgIpc) is 2.60. The number of nitrogens with one attached hydrogen (secondary N) is 2. The van der Waals surface area contributed by atoms with Crippen molar-refractivity contribution in [2.24, 2.45) is 0 Å². The minimum atomic E-state index is -0.243. The Balaban J connectivity index is 1.64. The number of fused-ring (bicyclic) bond motifs is 1. The second-order valence-electron chi connectivity index (χ2n) is 6.47. The Labute approximate surface area is 143 Å². The predicted molar refractivity (Wildman–Crippen MR) is 96.8 cm³/mol. The zero-order chi connectivity index (χ0) is 17.1. The van der Waals surface area contributed by atoms with Gasteiger partial charge in [-0.25, -0.2) is 0 Å². The molecular formula is C20H24N2O2. The van der Waals surface area contributed by atoms with Gasteiger partial charge >= 0.3 is 0 Å². The molecule has 1 heterocycles. The summed E-state index contributed by atoms with van der Waals surface area (Å²) < 4.78 is 5.75. The van der Waals surface area contributed by atoms with Gasteiger partial charge in [-0.05, 0) is 44.5 Å². The van der Waals surface area contributed by atoms with Crippen molar-refractivity contribution < 1.29 is 9.53 Å². The zero-order valence-electron chi connectivity index (χ0n) is 14.4. The van der Waals surface area contributed by atoms with Crippen LogP contribution in [0.1, 0.15) is 35.3 Å². The van der Waals surface area contributed by atoms with E-state index < -0.39 is 0 Å². The fourth-order valence-electron chi connectivity index (χ4n) is 2.76. The maximum atomic E-state index is 12.6. The molecule has 0 saturated heterocycles. The molecule has 0 aromatic heterocycles. The van der Waals surface area contributed by atoms with Crippen molar-refractivity contribution in [2.45, 2.75) is 39.5 Å². The monoisotopic (exact) mass is 324 g/mol. The number of ketones is 1. The van der Waals surface area contributed by atoms with Crippen LogP contribution >= 0.6 is 0 Å². The summed E-state index contributed by atoms with van der Waals surface area (Å²) in [5.74, 6) is 0.899. The van der Waals surface area contributed by atoms with E-state index in [9.17, 15) is 4.79 Å². The fourth-order valence-corrected chi connectivity index (χ4v) is 2.76. The molecule has 0 radical (unpaired) electrons. The first kappa shape index (κ1) is 16.5. The molecule has 2 unspecified atom stereocenters. The normalized spacial score (nSPS) is 17.4. The number of hydrogen-bond donors (Lipinski definition) is 2. The van der Waals surface area contributed by atoms with E-state index in [-0.39, 0.29) is 17.9 Å². The lowest BCUT2D eigenvalue weighted by molar-refractivity contribution is 0.0950. The third kappa shape index (κ3) is 3.77. The first-order valence-electron chi connectivity index (χ1n) is 8.40. The summed E-state index contributed by atoms with van der Waals surface area (Å²) >= 11 is 0. The van der Waals surface area contributed by atoms with Gasteiger partial charge in [-0.3, -0.25) is 4.79 Å². The Morgan fingerprint density at radius 1 is 1.29 bits per heavy atom. The number of benzene rings is 2. The molecule has 3 rings (SSSR count). The van der Waals surface area contributed by atoms with Gasteiger partial charge in [-0.1, -0.05) is 29.8 Å². The van der Waals surface area contributed by atoms with Gasteiger partial charge in [-0.15, -0.1) is 0 Å². The molecule has 0 saturated carbocycles. The third-order valence-electron chi connectivity index (χ3n) is 4.30. The van der Waals surface area contributed by atoms with Crippen molar-refractivity contribution in [3.8, 4) is 5.75 Å². The second kappa shape index (κ2) is 7.05. The van der Waals surface area contributed by atoms with Crippen LogP contribution in [0.15, 0.2) is 42.5 Å². The number of hydrogen-bond acceptors (Lipinski definition) is 4. The molecule has 4 nitrogen and oxygen atoms in total. The topological polar surface area (TPSA) is 50.4 Å². The number of Topliss-reactive ketones (excluding diaryl/α,β-unsaturated/α-hetero) is 1. The van der Waals surface area contributed by atoms with Crippen LogP contribution in [0.3, 0.4) is 0 Å². The minimum Gasteiger partial charge on any atom is -0.487 e. The maximum absolute atomic E-state index is 12.6. The van der Waals surface area contributed by atoms with E-state index in [0.717, 1.165) is 18.0 Å². The summed E-state index contributed by atoms with van der Waals surface area (Å²) in [6, 6.07) is 13.7. The van der Waals surface area contributed by atoms with E-state index in [0.29, 0.717) is 12.1 Å². The van der Waals surface area contributed by atoms with Crippen LogP contribution in [0.5, 0.6) is 5.75 Å². The molecule has 0 aliphatic carbocycles. The number of carbonyl (C=O) groups is 1. The number of anilines is 1. The predicted octanol–water partition coefficient (Wildman–Crippen LogP) is 3.55. The number of carbonyl (C=O) groups excluding carboxylic acids is 1. The first-order valence-corrected chi connectivity index (χ1v) is 8.40. The molecule has 2 atom stereocenters. The summed E-state index contributed by atoms with van der Waals surface area (Å²) in [7, 11) is 0. The van der Waals surface area contributed by atoms with Crippen LogP contribution in [0, 0.1) is 6.92 Å². The molecule has 2 N–H and O–H groups in total. The summed E-state index contributed by atoms with van der Waals surface area (Å²) in [6.07, 6.45) is 0.147. The van der Waals surface area contributed by atoms with Crippen molar-refractivity contribution in [3.05, 3.63) is 59.2 Å². The molecule has 24 heavy (non-hydrogen) atoms. The Morgan fingerprint density at radius 3 is 2.79 bits per heavy atom. The van der Waals surface area contributed by atoms with Gasteiger partial charge in [0.2, 0.25) is 0 Å². The van der Waals surface area contributed by atoms with Crippen LogP contribution in [0.4, 0.5) is 5.69 Å². The molecule has 1 aliphatic rings. The Morgan fingerprint density at radius 2 is 2.04 bits per heavy atom. The van der Waals surface area contributed by atoms with E-state index in [1.54, 1.807) is 0 Å². The average molecular weight is 324 g/mol. The van der Waals surface area contributed by atoms with Crippen LogP contribution in [-0.2, 0) is 6.54 Å². The van der Waals surface area contributed by atoms with Gasteiger partial charge < -0.3 is 15.4 Å². The standard InChI is InChI=1S/C20H24N2O2/c1-13-4-6-16(7-5-13)12-21-15(3)20(23)17-8-9-19-18(10-17)22-11-14(2)24-19/h4-10,14-15,21-22H,11-12H2,1-3H3. The SMILES string of the molecule is Cc1ccc(CNC(C)C(=O)c2ccc3c(c2)NCC(C)O3)cc1. The molecule has 126 valence electrons. The van der Waals surface area contributed by atoms with E-state index in [1.807, 2.05) is 32.0 Å². The van der Waals surface area contributed by atoms with Crippen molar-refractivity contribution in [1.82, 2.24) is 5.32 Å². The summed E-state index contributed by atoms with van der Waals surface area (Å²) in [6.45, 7) is 7.43. The third-order valence-corrected chi connectivity index (χ3v) is 4.30. The quantitative estimate of drug-likeness (QED) is 0.826. The van der Waals surface area contributed by atoms with Crippen LogP contribution < -0.4 is 15.4 Å². The minimum absolute atomic E-state index is 0.0883. The van der Waals surface area contributed by atoms with E-state index >= 15 is 0 Å². The molecule has 0 spiro atoms. The molecule has 4 heteroatoms. The molecule has 0 bridgehead atoms. The first-order chi connectivity index (χ1) is 11.5. The van der Waals surface area contributed by atoms with E-state index in [2.05, 4.69) is 41.8 Å². The lowest BCUT2D eigenvalue weighted by atomic mass is 10.0. The number of aryl methyl sites for hydroxylation is 1. The summed E-state index contributed by atoms with van der Waals surface area (Å²) in [4.78, 5) is 12.6. The van der Waals surface area contributed by atoms with Gasteiger partial charge in [-0.2, -0.15) is 0 Å². The van der Waals surface area contributed by atoms with Gasteiger partial charge in [0.15, 0.2) is 5.78 Å². The molecular weight excluding hydrogens is 300 g/mol. The Hall–Kier alpha value is -2.33. The highest BCUT2D eigenvalue weighted by Crippen LogP contribution is 2.30. The van der Waals surface area contributed by atoms with Crippen molar-refractivity contribution in [3.63, 3.8) is 0 Å². The number of rotatable bonds is 5. The highest BCUT2D eigenvalue weighted by Gasteiger charge is 2.20.